The van der Waals surface area contributed by atoms with Crippen LogP contribution in [0.4, 0.5) is 0 Å². The van der Waals surface area contributed by atoms with Crippen molar-refractivity contribution in [3.05, 3.63) is 102 Å². The summed E-state index contributed by atoms with van der Waals surface area (Å²) in [6.07, 6.45) is 11.1. The Morgan fingerprint density at radius 2 is 1.68 bits per heavy atom. The Labute approximate surface area is 171 Å². The number of benzene rings is 2. The molecule has 2 aromatic rings. The van der Waals surface area contributed by atoms with E-state index < -0.39 is 0 Å². The lowest BCUT2D eigenvalue weighted by atomic mass is 9.77. The molecule has 1 atom stereocenters. The molecule has 2 aromatic carbocycles. The van der Waals surface area contributed by atoms with Gasteiger partial charge in [-0.05, 0) is 66.4 Å². The minimum absolute atomic E-state index is 0.600. The second-order valence-electron chi connectivity index (χ2n) is 7.81. The van der Waals surface area contributed by atoms with Crippen LogP contribution in [0.2, 0.25) is 0 Å². The van der Waals surface area contributed by atoms with Gasteiger partial charge in [-0.25, -0.2) is 0 Å². The van der Waals surface area contributed by atoms with E-state index in [4.69, 9.17) is 0 Å². The molecule has 28 heavy (non-hydrogen) atoms. The molecule has 0 saturated heterocycles. The number of hydrogen-bond acceptors (Lipinski definition) is 1. The monoisotopic (exact) mass is 371 g/mol. The number of nitrogens with zero attached hydrogens (tertiary/aromatic N) is 1. The summed E-state index contributed by atoms with van der Waals surface area (Å²) in [5.74, 6) is 0.600. The number of aryl methyl sites for hydroxylation is 2. The minimum atomic E-state index is 0.600. The second-order valence-corrected chi connectivity index (χ2v) is 7.81. The predicted molar refractivity (Wildman–Crippen MR) is 123 cm³/mol. The standard InChI is InChI=1S/C27H33N/c1-4-18-28(19-5-2)20-10-15-27(26-14-9-6-11-22(26)3)25-17-16-23-12-7-8-13-24(23)21-25/h4-9,11-15,25H,1-2,10,16-21H2,3H3. The van der Waals surface area contributed by atoms with Gasteiger partial charge in [0.1, 0.15) is 0 Å². The molecule has 3 rings (SSSR count). The van der Waals surface area contributed by atoms with Crippen molar-refractivity contribution < 1.29 is 0 Å². The van der Waals surface area contributed by atoms with E-state index in [1.165, 1.54) is 40.7 Å². The van der Waals surface area contributed by atoms with E-state index in [-0.39, 0.29) is 0 Å². The van der Waals surface area contributed by atoms with Gasteiger partial charge >= 0.3 is 0 Å². The summed E-state index contributed by atoms with van der Waals surface area (Å²) in [7, 11) is 0. The fourth-order valence-corrected chi connectivity index (χ4v) is 4.38. The van der Waals surface area contributed by atoms with Crippen molar-refractivity contribution in [2.45, 2.75) is 32.6 Å². The van der Waals surface area contributed by atoms with Crippen LogP contribution in [0.1, 0.15) is 35.1 Å². The lowest BCUT2D eigenvalue weighted by molar-refractivity contribution is 0.342. The molecule has 0 aliphatic heterocycles. The van der Waals surface area contributed by atoms with Crippen LogP contribution in [0.3, 0.4) is 0 Å². The lowest BCUT2D eigenvalue weighted by Crippen LogP contribution is -2.25. The van der Waals surface area contributed by atoms with Gasteiger partial charge in [-0.1, -0.05) is 66.8 Å². The quantitative estimate of drug-likeness (QED) is 0.471. The summed E-state index contributed by atoms with van der Waals surface area (Å²) >= 11 is 0. The van der Waals surface area contributed by atoms with Gasteiger partial charge in [-0.3, -0.25) is 4.90 Å². The van der Waals surface area contributed by atoms with Crippen LogP contribution in [0, 0.1) is 12.8 Å². The number of hydrogen-bond donors (Lipinski definition) is 0. The highest BCUT2D eigenvalue weighted by Crippen LogP contribution is 2.36. The van der Waals surface area contributed by atoms with E-state index in [0.717, 1.165) is 32.5 Å². The summed E-state index contributed by atoms with van der Waals surface area (Å²) < 4.78 is 0. The van der Waals surface area contributed by atoms with E-state index in [9.17, 15) is 0 Å². The molecule has 1 aliphatic rings. The van der Waals surface area contributed by atoms with Crippen LogP contribution >= 0.6 is 0 Å². The summed E-state index contributed by atoms with van der Waals surface area (Å²) in [6.45, 7) is 12.9. The number of fused-ring (bicyclic) bond motifs is 1. The Hall–Kier alpha value is -2.38. The van der Waals surface area contributed by atoms with Crippen molar-refractivity contribution in [1.82, 2.24) is 4.90 Å². The molecule has 0 amide bonds. The van der Waals surface area contributed by atoms with E-state index in [1.807, 2.05) is 12.2 Å². The van der Waals surface area contributed by atoms with Crippen molar-refractivity contribution in [3.63, 3.8) is 0 Å². The third kappa shape index (κ3) is 5.11. The summed E-state index contributed by atoms with van der Waals surface area (Å²) in [5.41, 5.74) is 7.39. The van der Waals surface area contributed by atoms with Crippen molar-refractivity contribution in [2.24, 2.45) is 5.92 Å². The smallest absolute Gasteiger partial charge is 0.0164 e. The van der Waals surface area contributed by atoms with E-state index >= 15 is 0 Å². The summed E-state index contributed by atoms with van der Waals surface area (Å²) in [5, 5.41) is 0. The average molecular weight is 372 g/mol. The highest BCUT2D eigenvalue weighted by molar-refractivity contribution is 5.70. The van der Waals surface area contributed by atoms with Crippen LogP contribution in [-0.4, -0.2) is 24.5 Å². The molecular formula is C27H33N. The highest BCUT2D eigenvalue weighted by Gasteiger charge is 2.23. The second kappa shape index (κ2) is 10.2. The fourth-order valence-electron chi connectivity index (χ4n) is 4.38. The van der Waals surface area contributed by atoms with Gasteiger partial charge in [0.15, 0.2) is 0 Å². The summed E-state index contributed by atoms with van der Waals surface area (Å²) in [4.78, 5) is 2.39. The molecule has 0 fully saturated rings. The van der Waals surface area contributed by atoms with Crippen molar-refractivity contribution >= 4 is 5.57 Å². The molecule has 1 aliphatic carbocycles. The first-order chi connectivity index (χ1) is 13.7. The van der Waals surface area contributed by atoms with Gasteiger partial charge in [0.25, 0.3) is 0 Å². The number of rotatable bonds is 9. The van der Waals surface area contributed by atoms with Crippen LogP contribution in [-0.2, 0) is 12.8 Å². The maximum absolute atomic E-state index is 3.89. The third-order valence-electron chi connectivity index (χ3n) is 5.83. The highest BCUT2D eigenvalue weighted by atomic mass is 15.1. The van der Waals surface area contributed by atoms with Gasteiger partial charge in [0, 0.05) is 19.6 Å². The van der Waals surface area contributed by atoms with Crippen LogP contribution in [0.25, 0.3) is 5.57 Å². The molecule has 0 bridgehead atoms. The van der Waals surface area contributed by atoms with Crippen molar-refractivity contribution in [1.29, 1.82) is 0 Å². The Bertz CT molecular complexity index is 820. The zero-order valence-electron chi connectivity index (χ0n) is 17.2. The van der Waals surface area contributed by atoms with E-state index in [0.29, 0.717) is 5.92 Å². The normalized spacial score (nSPS) is 16.6. The molecule has 146 valence electrons. The van der Waals surface area contributed by atoms with Gasteiger partial charge < -0.3 is 0 Å². The topological polar surface area (TPSA) is 3.24 Å². The molecule has 0 saturated carbocycles. The van der Waals surface area contributed by atoms with E-state index in [2.05, 4.69) is 79.6 Å². The molecule has 0 spiro atoms. The molecule has 0 radical (unpaired) electrons. The predicted octanol–water partition coefficient (Wildman–Crippen LogP) is 6.25. The van der Waals surface area contributed by atoms with Crippen molar-refractivity contribution in [3.8, 4) is 0 Å². The molecule has 1 heteroatoms. The molecule has 0 aromatic heterocycles. The van der Waals surface area contributed by atoms with Crippen molar-refractivity contribution in [2.75, 3.05) is 19.6 Å². The molecule has 1 nitrogen and oxygen atoms in total. The van der Waals surface area contributed by atoms with Crippen LogP contribution in [0.5, 0.6) is 0 Å². The average Bonchev–Trinajstić information content (AvgIpc) is 2.72. The van der Waals surface area contributed by atoms with Gasteiger partial charge in [0.05, 0.1) is 0 Å². The van der Waals surface area contributed by atoms with Crippen LogP contribution in [0.15, 0.2) is 79.9 Å². The Morgan fingerprint density at radius 3 is 2.39 bits per heavy atom. The fraction of sp³-hybridized carbons (Fsp3) is 0.333. The number of allylic oxidation sites excluding steroid dienone is 1. The first-order valence-electron chi connectivity index (χ1n) is 10.5. The SMILES string of the molecule is C=CCN(CC=C)CCC=C(c1ccccc1C)C1CCc2ccccc2C1. The third-order valence-corrected chi connectivity index (χ3v) is 5.83. The maximum atomic E-state index is 3.89. The molecule has 0 heterocycles. The van der Waals surface area contributed by atoms with E-state index in [1.54, 1.807) is 0 Å². The lowest BCUT2D eigenvalue weighted by Gasteiger charge is -2.28. The molecule has 0 N–H and O–H groups in total. The van der Waals surface area contributed by atoms with Gasteiger partial charge in [-0.15, -0.1) is 13.2 Å². The minimum Gasteiger partial charge on any atom is -0.296 e. The van der Waals surface area contributed by atoms with Gasteiger partial charge in [-0.2, -0.15) is 0 Å². The zero-order chi connectivity index (χ0) is 19.8. The molecular weight excluding hydrogens is 338 g/mol. The first-order valence-corrected chi connectivity index (χ1v) is 10.5. The van der Waals surface area contributed by atoms with Gasteiger partial charge in [0.2, 0.25) is 0 Å². The zero-order valence-corrected chi connectivity index (χ0v) is 17.2. The summed E-state index contributed by atoms with van der Waals surface area (Å²) in [6, 6.07) is 17.8. The Morgan fingerprint density at radius 1 is 1.00 bits per heavy atom. The van der Waals surface area contributed by atoms with Crippen LogP contribution < -0.4 is 0 Å². The molecule has 1 unspecified atom stereocenters. The largest absolute Gasteiger partial charge is 0.296 e. The maximum Gasteiger partial charge on any atom is 0.0164 e. The Kier molecular flexibility index (Phi) is 7.45. The Balaban J connectivity index is 1.83. The first kappa shape index (κ1) is 20.4.